The van der Waals surface area contributed by atoms with Crippen molar-refractivity contribution in [1.82, 2.24) is 21.0 Å². The fourth-order valence-electron chi connectivity index (χ4n) is 4.81. The third-order valence-corrected chi connectivity index (χ3v) is 8.19. The number of nitrogens with one attached hydrogen (secondary N) is 4. The molecule has 5 rings (SSSR count). The number of carbonyl (C=O) groups excluding carboxylic acids is 2. The lowest BCUT2D eigenvalue weighted by Crippen LogP contribution is -2.43. The number of nitrogens with zero attached hydrogens (tertiary/aromatic N) is 1. The van der Waals surface area contributed by atoms with Gasteiger partial charge in [0.15, 0.2) is 10.9 Å². The number of benzene rings is 2. The van der Waals surface area contributed by atoms with Crippen molar-refractivity contribution in [2.75, 3.05) is 11.2 Å². The molecule has 1 amide bonds. The molecular weight excluding hydrogens is 526 g/mol. The summed E-state index contributed by atoms with van der Waals surface area (Å²) in [5, 5.41) is 6.85. The Bertz CT molecular complexity index is 1320. The zero-order chi connectivity index (χ0) is 25.8. The molecule has 4 N–H and O–H groups in total. The van der Waals surface area contributed by atoms with Gasteiger partial charge < -0.3 is 10.6 Å². The van der Waals surface area contributed by atoms with E-state index >= 15 is 0 Å². The largest absolute Gasteiger partial charge is 0.354 e. The molecule has 37 heavy (non-hydrogen) atoms. The highest BCUT2D eigenvalue weighted by atomic mass is 35.5. The maximum atomic E-state index is 12.5. The van der Waals surface area contributed by atoms with Crippen molar-refractivity contribution in [3.8, 4) is 0 Å². The Hall–Kier alpha value is -3.14. The first-order valence-corrected chi connectivity index (χ1v) is 13.8. The van der Waals surface area contributed by atoms with Gasteiger partial charge in [0.05, 0.1) is 22.7 Å². The number of thiocarbonyl (C=S) groups is 1. The summed E-state index contributed by atoms with van der Waals surface area (Å²) in [6, 6.07) is 20.0. The Labute approximate surface area is 230 Å². The van der Waals surface area contributed by atoms with E-state index in [-0.39, 0.29) is 33.6 Å². The second kappa shape index (κ2) is 11.5. The molecule has 1 aliphatic heterocycles. The minimum Gasteiger partial charge on any atom is -0.354 e. The number of fused-ring (bicyclic) bond motifs is 1. The lowest BCUT2D eigenvalue weighted by Gasteiger charge is -2.35. The van der Waals surface area contributed by atoms with Crippen LogP contribution in [0.1, 0.15) is 51.8 Å². The minimum absolute atomic E-state index is 0.000106. The number of aryl methyl sites for hydroxylation is 1. The molecule has 0 saturated carbocycles. The summed E-state index contributed by atoms with van der Waals surface area (Å²) < 4.78 is 0. The fourth-order valence-corrected chi connectivity index (χ4v) is 6.14. The van der Waals surface area contributed by atoms with Crippen molar-refractivity contribution in [3.63, 3.8) is 0 Å². The maximum Gasteiger partial charge on any atom is 0.253 e. The normalized spacial score (nSPS) is 20.6. The molecule has 0 spiro atoms. The van der Waals surface area contributed by atoms with Gasteiger partial charge >= 0.3 is 0 Å². The minimum atomic E-state index is -0.469. The van der Waals surface area contributed by atoms with Crippen LogP contribution in [0.25, 0.3) is 0 Å². The highest BCUT2D eigenvalue weighted by Crippen LogP contribution is 2.40. The number of pyridine rings is 1. The van der Waals surface area contributed by atoms with Gasteiger partial charge in [-0.05, 0) is 54.2 Å². The van der Waals surface area contributed by atoms with Crippen LogP contribution < -0.4 is 21.5 Å². The van der Waals surface area contributed by atoms with E-state index in [2.05, 4.69) is 75.0 Å². The smallest absolute Gasteiger partial charge is 0.253 e. The SMILES string of the molecule is O=C(NC1CCSC1=O)c1cnc(NNC(=S)NC2c3ccccc3CC[C@H]2c2ccccc2)c(Cl)c1. The van der Waals surface area contributed by atoms with Gasteiger partial charge in [-0.15, -0.1) is 0 Å². The summed E-state index contributed by atoms with van der Waals surface area (Å²) in [4.78, 5) is 28.6. The molecule has 2 aliphatic rings. The number of hydrazine groups is 1. The zero-order valence-corrected chi connectivity index (χ0v) is 22.3. The van der Waals surface area contributed by atoms with Crippen LogP contribution >= 0.6 is 35.6 Å². The molecule has 2 heterocycles. The number of thioether (sulfide) groups is 1. The lowest BCUT2D eigenvalue weighted by molar-refractivity contribution is -0.112. The summed E-state index contributed by atoms with van der Waals surface area (Å²) in [7, 11) is 0. The van der Waals surface area contributed by atoms with Gasteiger partial charge in [-0.1, -0.05) is 78.0 Å². The van der Waals surface area contributed by atoms with Gasteiger partial charge in [0.25, 0.3) is 5.91 Å². The third-order valence-electron chi connectivity index (χ3n) is 6.67. The van der Waals surface area contributed by atoms with Crippen LogP contribution in [0.3, 0.4) is 0 Å². The molecule has 3 atom stereocenters. The van der Waals surface area contributed by atoms with E-state index in [0.29, 0.717) is 23.1 Å². The Morgan fingerprint density at radius 1 is 1.05 bits per heavy atom. The van der Waals surface area contributed by atoms with Crippen LogP contribution in [-0.4, -0.2) is 32.9 Å². The molecular formula is C27H26ClN5O2S2. The average Bonchev–Trinajstić information content (AvgIpc) is 3.32. The number of aromatic nitrogens is 1. The van der Waals surface area contributed by atoms with Crippen molar-refractivity contribution in [3.05, 3.63) is 94.1 Å². The Kier molecular flexibility index (Phi) is 7.93. The molecule has 190 valence electrons. The van der Waals surface area contributed by atoms with E-state index in [1.54, 1.807) is 0 Å². The van der Waals surface area contributed by atoms with Crippen LogP contribution in [0.2, 0.25) is 5.02 Å². The van der Waals surface area contributed by atoms with E-state index in [1.165, 1.54) is 40.7 Å². The van der Waals surface area contributed by atoms with Crippen molar-refractivity contribution in [1.29, 1.82) is 0 Å². The molecule has 0 bridgehead atoms. The third kappa shape index (κ3) is 5.89. The highest BCUT2D eigenvalue weighted by Gasteiger charge is 2.31. The van der Waals surface area contributed by atoms with Crippen molar-refractivity contribution < 1.29 is 9.59 Å². The first kappa shape index (κ1) is 25.5. The predicted octanol–water partition coefficient (Wildman–Crippen LogP) is 4.76. The summed E-state index contributed by atoms with van der Waals surface area (Å²) in [5.74, 6) is 0.929. The van der Waals surface area contributed by atoms with Gasteiger partial charge in [0, 0.05) is 17.9 Å². The monoisotopic (exact) mass is 551 g/mol. The Morgan fingerprint density at radius 3 is 2.59 bits per heavy atom. The van der Waals surface area contributed by atoms with Crippen molar-refractivity contribution in [2.45, 2.75) is 37.3 Å². The quantitative estimate of drug-likeness (QED) is 0.257. The molecule has 1 aromatic heterocycles. The first-order chi connectivity index (χ1) is 18.0. The van der Waals surface area contributed by atoms with Gasteiger partial charge in [-0.25, -0.2) is 4.98 Å². The molecule has 7 nitrogen and oxygen atoms in total. The molecule has 3 aromatic rings. The van der Waals surface area contributed by atoms with Crippen LogP contribution in [-0.2, 0) is 11.2 Å². The van der Waals surface area contributed by atoms with Crippen molar-refractivity contribution >= 4 is 57.5 Å². The topological polar surface area (TPSA) is 95.2 Å². The Balaban J connectivity index is 1.24. The highest BCUT2D eigenvalue weighted by molar-refractivity contribution is 8.14. The fraction of sp³-hybridized carbons (Fsp3) is 0.259. The van der Waals surface area contributed by atoms with Crippen LogP contribution in [0.5, 0.6) is 0 Å². The van der Waals surface area contributed by atoms with E-state index in [1.807, 2.05) is 6.07 Å². The standard InChI is InChI=1S/C27H26ClN5O2S2/c28-21-14-18(25(34)30-22-12-13-37-26(22)35)15-29-24(21)32-33-27(36)31-23-19-9-5-4-8-17(19)10-11-20(23)16-6-2-1-3-7-16/h1-9,14-15,20,22-23H,10-13H2,(H,29,32)(H,30,34)(H2,31,33,36)/t20-,22?,23?/m0/s1. The predicted molar refractivity (Wildman–Crippen MR) is 152 cm³/mol. The molecule has 2 aromatic carbocycles. The van der Waals surface area contributed by atoms with Gasteiger partial charge in [0.1, 0.15) is 0 Å². The molecule has 2 unspecified atom stereocenters. The number of carbonyl (C=O) groups is 2. The van der Waals surface area contributed by atoms with Gasteiger partial charge in [0.2, 0.25) is 5.12 Å². The van der Waals surface area contributed by atoms with E-state index < -0.39 is 6.04 Å². The number of hydrogen-bond donors (Lipinski definition) is 4. The number of rotatable bonds is 6. The molecule has 1 fully saturated rings. The van der Waals surface area contributed by atoms with E-state index in [0.717, 1.165) is 12.8 Å². The molecule has 1 aliphatic carbocycles. The molecule has 0 radical (unpaired) electrons. The summed E-state index contributed by atoms with van der Waals surface area (Å²) >= 11 is 13.2. The zero-order valence-electron chi connectivity index (χ0n) is 19.9. The van der Waals surface area contributed by atoms with Crippen molar-refractivity contribution in [2.24, 2.45) is 0 Å². The number of anilines is 1. The van der Waals surface area contributed by atoms with E-state index in [9.17, 15) is 9.59 Å². The van der Waals surface area contributed by atoms with Gasteiger partial charge in [-0.2, -0.15) is 0 Å². The number of hydrogen-bond acceptors (Lipinski definition) is 6. The summed E-state index contributed by atoms with van der Waals surface area (Å²) in [5.41, 5.74) is 10.0. The van der Waals surface area contributed by atoms with Gasteiger partial charge in [-0.3, -0.25) is 20.4 Å². The number of halogens is 1. The van der Waals surface area contributed by atoms with Crippen LogP contribution in [0.15, 0.2) is 66.9 Å². The second-order valence-electron chi connectivity index (χ2n) is 8.99. The Morgan fingerprint density at radius 2 is 1.84 bits per heavy atom. The van der Waals surface area contributed by atoms with Crippen LogP contribution in [0, 0.1) is 0 Å². The second-order valence-corrected chi connectivity index (χ2v) is 10.9. The average molecular weight is 552 g/mol. The summed E-state index contributed by atoms with van der Waals surface area (Å²) in [6.45, 7) is 0. The van der Waals surface area contributed by atoms with Crippen LogP contribution in [0.4, 0.5) is 5.82 Å². The van der Waals surface area contributed by atoms with E-state index in [4.69, 9.17) is 23.8 Å². The molecule has 1 saturated heterocycles. The summed E-state index contributed by atoms with van der Waals surface area (Å²) in [6.07, 6.45) is 4.06. The lowest BCUT2D eigenvalue weighted by atomic mass is 9.76. The molecule has 10 heteroatoms. The maximum absolute atomic E-state index is 12.5. The number of amides is 1. The first-order valence-electron chi connectivity index (χ1n) is 12.1.